The maximum absolute atomic E-state index is 8.91. The summed E-state index contributed by atoms with van der Waals surface area (Å²) in [5, 5.41) is 29.2. The highest BCUT2D eigenvalue weighted by molar-refractivity contribution is 5.84. The number of nitriles is 3. The van der Waals surface area contributed by atoms with E-state index in [0.717, 1.165) is 5.69 Å². The molecule has 0 heterocycles. The number of anilines is 1. The molecule has 0 unspecified atom stereocenters. The van der Waals surface area contributed by atoms with Crippen LogP contribution < -0.4 is 5.32 Å². The van der Waals surface area contributed by atoms with Crippen LogP contribution in [0.3, 0.4) is 0 Å². The quantitative estimate of drug-likeness (QED) is 0.754. The van der Waals surface area contributed by atoms with E-state index in [1.807, 2.05) is 6.07 Å². The van der Waals surface area contributed by atoms with Gasteiger partial charge < -0.3 is 5.32 Å². The van der Waals surface area contributed by atoms with Crippen LogP contribution in [-0.2, 0) is 0 Å². The Morgan fingerprint density at radius 3 is 1.94 bits per heavy atom. The Morgan fingerprint density at radius 1 is 1.00 bits per heavy atom. The van der Waals surface area contributed by atoms with Crippen molar-refractivity contribution in [2.45, 2.75) is 0 Å². The van der Waals surface area contributed by atoms with Crippen LogP contribution in [0.25, 0.3) is 5.57 Å². The first kappa shape index (κ1) is 11.3. The van der Waals surface area contributed by atoms with E-state index in [0.29, 0.717) is 5.56 Å². The molecule has 0 saturated heterocycles. The van der Waals surface area contributed by atoms with Crippen molar-refractivity contribution in [3.8, 4) is 18.2 Å². The van der Waals surface area contributed by atoms with E-state index >= 15 is 0 Å². The minimum atomic E-state index is -0.167. The predicted octanol–water partition coefficient (Wildman–Crippen LogP) is 2.05. The fourth-order valence-electron chi connectivity index (χ4n) is 1.21. The number of allylic oxidation sites excluding steroid dienone is 2. The Bertz CT molecular complexity index is 516. The number of hydrogen-bond acceptors (Lipinski definition) is 4. The number of rotatable bonds is 2. The summed E-state index contributed by atoms with van der Waals surface area (Å²) in [6, 6.07) is 12.2. The SMILES string of the molecule is CNc1ccc(C(C#N)=C(C#N)C#N)cc1. The Balaban J connectivity index is 3.28. The van der Waals surface area contributed by atoms with Crippen LogP contribution in [0.4, 0.5) is 5.69 Å². The van der Waals surface area contributed by atoms with Gasteiger partial charge in [0.25, 0.3) is 0 Å². The molecule has 0 aromatic heterocycles. The monoisotopic (exact) mass is 208 g/mol. The lowest BCUT2D eigenvalue weighted by Crippen LogP contribution is -1.90. The van der Waals surface area contributed by atoms with Gasteiger partial charge in [-0.05, 0) is 17.7 Å². The van der Waals surface area contributed by atoms with Crippen LogP contribution in [0.2, 0.25) is 0 Å². The molecule has 1 aromatic carbocycles. The molecule has 0 aliphatic heterocycles. The van der Waals surface area contributed by atoms with Crippen molar-refractivity contribution in [2.75, 3.05) is 12.4 Å². The smallest absolute Gasteiger partial charge is 0.148 e. The lowest BCUT2D eigenvalue weighted by molar-refractivity contribution is 1.44. The van der Waals surface area contributed by atoms with Gasteiger partial charge in [-0.25, -0.2) is 0 Å². The van der Waals surface area contributed by atoms with Crippen LogP contribution in [0.15, 0.2) is 29.8 Å². The topological polar surface area (TPSA) is 83.4 Å². The highest BCUT2D eigenvalue weighted by Crippen LogP contribution is 2.19. The summed E-state index contributed by atoms with van der Waals surface area (Å²) < 4.78 is 0. The molecule has 1 N–H and O–H groups in total. The van der Waals surface area contributed by atoms with Crippen molar-refractivity contribution >= 4 is 11.3 Å². The summed E-state index contributed by atoms with van der Waals surface area (Å²) in [6.45, 7) is 0. The number of nitrogens with zero attached hydrogens (tertiary/aromatic N) is 3. The van der Waals surface area contributed by atoms with Crippen molar-refractivity contribution in [1.29, 1.82) is 15.8 Å². The molecule has 4 heteroatoms. The molecule has 0 bridgehead atoms. The standard InChI is InChI=1S/C12H8N4/c1-16-11-4-2-9(3-5-11)12(8-15)10(6-13)7-14/h2-5,16H,1H3. The van der Waals surface area contributed by atoms with Crippen molar-refractivity contribution in [2.24, 2.45) is 0 Å². The summed E-state index contributed by atoms with van der Waals surface area (Å²) in [5.41, 5.74) is 1.41. The Kier molecular flexibility index (Phi) is 3.67. The molecule has 1 rings (SSSR count). The molecular weight excluding hydrogens is 200 g/mol. The van der Waals surface area contributed by atoms with Gasteiger partial charge >= 0.3 is 0 Å². The summed E-state index contributed by atoms with van der Waals surface area (Å²) in [6.07, 6.45) is 0. The average Bonchev–Trinajstić information content (AvgIpc) is 2.36. The van der Waals surface area contributed by atoms with E-state index in [1.165, 1.54) is 0 Å². The van der Waals surface area contributed by atoms with Crippen molar-refractivity contribution in [1.82, 2.24) is 0 Å². The third-order valence-corrected chi connectivity index (χ3v) is 2.05. The summed E-state index contributed by atoms with van der Waals surface area (Å²) in [7, 11) is 1.78. The maximum atomic E-state index is 8.91. The van der Waals surface area contributed by atoms with Crippen LogP contribution in [-0.4, -0.2) is 7.05 Å². The molecule has 0 saturated carbocycles. The van der Waals surface area contributed by atoms with E-state index in [-0.39, 0.29) is 11.1 Å². The van der Waals surface area contributed by atoms with Crippen molar-refractivity contribution in [3.63, 3.8) is 0 Å². The zero-order valence-corrected chi connectivity index (χ0v) is 8.65. The minimum absolute atomic E-state index is 0.104. The molecule has 0 spiro atoms. The van der Waals surface area contributed by atoms with Gasteiger partial charge in [-0.2, -0.15) is 15.8 Å². The van der Waals surface area contributed by atoms with Gasteiger partial charge in [0.05, 0.1) is 5.57 Å². The van der Waals surface area contributed by atoms with Crippen LogP contribution >= 0.6 is 0 Å². The molecule has 4 nitrogen and oxygen atoms in total. The number of hydrogen-bond donors (Lipinski definition) is 1. The zero-order valence-electron chi connectivity index (χ0n) is 8.65. The van der Waals surface area contributed by atoms with Gasteiger partial charge in [-0.15, -0.1) is 0 Å². The van der Waals surface area contributed by atoms with E-state index < -0.39 is 0 Å². The fraction of sp³-hybridized carbons (Fsp3) is 0.0833. The summed E-state index contributed by atoms with van der Waals surface area (Å²) in [5.74, 6) is 0. The van der Waals surface area contributed by atoms with E-state index in [1.54, 1.807) is 43.5 Å². The van der Waals surface area contributed by atoms with E-state index in [2.05, 4.69) is 5.32 Å². The Labute approximate surface area is 93.7 Å². The van der Waals surface area contributed by atoms with Crippen molar-refractivity contribution < 1.29 is 0 Å². The second-order valence-electron chi connectivity index (χ2n) is 2.91. The molecule has 0 radical (unpaired) electrons. The van der Waals surface area contributed by atoms with Crippen molar-refractivity contribution in [3.05, 3.63) is 35.4 Å². The van der Waals surface area contributed by atoms with Gasteiger partial charge in [0, 0.05) is 12.7 Å². The molecule has 0 aliphatic rings. The zero-order chi connectivity index (χ0) is 12.0. The van der Waals surface area contributed by atoms with Crippen LogP contribution in [0.5, 0.6) is 0 Å². The molecule has 0 aliphatic carbocycles. The second kappa shape index (κ2) is 5.20. The lowest BCUT2D eigenvalue weighted by Gasteiger charge is -2.02. The molecular formula is C12H8N4. The summed E-state index contributed by atoms with van der Waals surface area (Å²) in [4.78, 5) is 0. The maximum Gasteiger partial charge on any atom is 0.148 e. The molecule has 0 fully saturated rings. The van der Waals surface area contributed by atoms with Gasteiger partial charge in [-0.3, -0.25) is 0 Å². The minimum Gasteiger partial charge on any atom is -0.388 e. The first-order valence-corrected chi connectivity index (χ1v) is 4.49. The molecule has 1 aromatic rings. The first-order valence-electron chi connectivity index (χ1n) is 4.49. The molecule has 0 atom stereocenters. The molecule has 76 valence electrons. The van der Waals surface area contributed by atoms with E-state index in [4.69, 9.17) is 15.8 Å². The van der Waals surface area contributed by atoms with Crippen LogP contribution in [0, 0.1) is 34.0 Å². The largest absolute Gasteiger partial charge is 0.388 e. The predicted molar refractivity (Wildman–Crippen MR) is 59.7 cm³/mol. The van der Waals surface area contributed by atoms with Gasteiger partial charge in [-0.1, -0.05) is 12.1 Å². The Hall–Kier alpha value is -2.77. The highest BCUT2D eigenvalue weighted by atomic mass is 14.8. The highest BCUT2D eigenvalue weighted by Gasteiger charge is 2.07. The third kappa shape index (κ3) is 2.18. The van der Waals surface area contributed by atoms with Gasteiger partial charge in [0.15, 0.2) is 0 Å². The molecule has 16 heavy (non-hydrogen) atoms. The average molecular weight is 208 g/mol. The number of nitrogens with one attached hydrogen (secondary N) is 1. The van der Waals surface area contributed by atoms with Gasteiger partial charge in [0.2, 0.25) is 0 Å². The van der Waals surface area contributed by atoms with E-state index in [9.17, 15) is 0 Å². The Morgan fingerprint density at radius 2 is 1.56 bits per heavy atom. The number of benzene rings is 1. The normalized spacial score (nSPS) is 8.12. The summed E-state index contributed by atoms with van der Waals surface area (Å²) >= 11 is 0. The lowest BCUT2D eigenvalue weighted by atomic mass is 10.0. The van der Waals surface area contributed by atoms with Gasteiger partial charge in [0.1, 0.15) is 23.8 Å². The first-order chi connectivity index (χ1) is 7.76. The molecule has 0 amide bonds. The second-order valence-corrected chi connectivity index (χ2v) is 2.91. The van der Waals surface area contributed by atoms with Crippen LogP contribution in [0.1, 0.15) is 5.56 Å². The fourth-order valence-corrected chi connectivity index (χ4v) is 1.21. The third-order valence-electron chi connectivity index (χ3n) is 2.05.